The largest absolute Gasteiger partial charge is 0.326 e. The maximum atomic E-state index is 12.9. The number of sulfone groups is 1. The first kappa shape index (κ1) is 21.3. The number of hydrogen-bond acceptors (Lipinski definition) is 5. The second kappa shape index (κ2) is 7.96. The van der Waals surface area contributed by atoms with Crippen molar-refractivity contribution >= 4 is 26.7 Å². The van der Waals surface area contributed by atoms with Gasteiger partial charge in [-0.05, 0) is 43.9 Å². The molecule has 1 aromatic carbocycles. The number of Topliss-reactive ketones (excluding diaryl/α,β-unsaturated/α-hetero) is 1. The Kier molecular flexibility index (Phi) is 5.66. The molecule has 0 amide bonds. The fraction of sp³-hybridized carbons (Fsp3) is 0.636. The number of imidazole rings is 1. The van der Waals surface area contributed by atoms with Crippen molar-refractivity contribution in [3.8, 4) is 0 Å². The van der Waals surface area contributed by atoms with E-state index in [2.05, 4.69) is 16.8 Å². The van der Waals surface area contributed by atoms with Crippen LogP contribution in [-0.2, 0) is 14.6 Å². The molecule has 0 atom stereocenters. The van der Waals surface area contributed by atoms with Gasteiger partial charge in [0.05, 0.1) is 22.5 Å². The molecule has 0 radical (unpaired) electrons. The zero-order chi connectivity index (χ0) is 21.5. The number of H-pyrrole nitrogens is 1. The van der Waals surface area contributed by atoms with E-state index in [1.165, 1.54) is 12.5 Å². The number of nitrogens with zero attached hydrogens (tertiary/aromatic N) is 2. The quantitative estimate of drug-likeness (QED) is 0.783. The number of carbonyl (C=O) groups is 1. The first-order valence-electron chi connectivity index (χ1n) is 10.9. The molecule has 1 N–H and O–H groups in total. The van der Waals surface area contributed by atoms with Gasteiger partial charge in [-0.15, -0.1) is 0 Å². The summed E-state index contributed by atoms with van der Waals surface area (Å²) in [4.78, 5) is 30.7. The van der Waals surface area contributed by atoms with Gasteiger partial charge in [-0.3, -0.25) is 14.3 Å². The van der Waals surface area contributed by atoms with Crippen molar-refractivity contribution in [3.63, 3.8) is 0 Å². The van der Waals surface area contributed by atoms with Gasteiger partial charge in [0.2, 0.25) is 0 Å². The Bertz CT molecular complexity index is 1100. The molecule has 0 unspecified atom stereocenters. The second-order valence-electron chi connectivity index (χ2n) is 9.30. The third-order valence-electron chi connectivity index (χ3n) is 7.04. The third-order valence-corrected chi connectivity index (χ3v) is 8.15. The number of piperidine rings is 1. The number of likely N-dealkylation sites (tertiary alicyclic amines) is 1. The SMILES string of the molecule is CC1(C(=O)CN2CCC(n3c(=O)[nH]c4cc(S(C)(=O)=O)ccc43)CC2)CCCCC1. The van der Waals surface area contributed by atoms with E-state index in [0.29, 0.717) is 17.8 Å². The van der Waals surface area contributed by atoms with Crippen molar-refractivity contribution in [2.24, 2.45) is 5.41 Å². The Morgan fingerprint density at radius 1 is 1.17 bits per heavy atom. The third kappa shape index (κ3) is 4.12. The molecule has 2 heterocycles. The summed E-state index contributed by atoms with van der Waals surface area (Å²) in [6.45, 7) is 4.20. The number of rotatable bonds is 5. The molecular formula is C22H31N3O4S. The van der Waals surface area contributed by atoms with Gasteiger partial charge in [0.25, 0.3) is 0 Å². The van der Waals surface area contributed by atoms with Crippen LogP contribution in [0.15, 0.2) is 27.9 Å². The fourth-order valence-electron chi connectivity index (χ4n) is 5.04. The van der Waals surface area contributed by atoms with Gasteiger partial charge in [0.1, 0.15) is 0 Å². The maximum Gasteiger partial charge on any atom is 0.326 e. The van der Waals surface area contributed by atoms with Crippen LogP contribution in [0.5, 0.6) is 0 Å². The number of benzene rings is 1. The van der Waals surface area contributed by atoms with Crippen molar-refractivity contribution in [2.75, 3.05) is 25.9 Å². The van der Waals surface area contributed by atoms with E-state index < -0.39 is 9.84 Å². The summed E-state index contributed by atoms with van der Waals surface area (Å²) in [5.41, 5.74) is 0.905. The minimum Gasteiger partial charge on any atom is -0.305 e. The van der Waals surface area contributed by atoms with Crippen LogP contribution < -0.4 is 5.69 Å². The molecule has 164 valence electrons. The Morgan fingerprint density at radius 3 is 2.47 bits per heavy atom. The van der Waals surface area contributed by atoms with Crippen LogP contribution in [0.3, 0.4) is 0 Å². The minimum atomic E-state index is -3.33. The molecular weight excluding hydrogens is 402 g/mol. The van der Waals surface area contributed by atoms with Gasteiger partial charge in [-0.1, -0.05) is 26.2 Å². The molecule has 8 heteroatoms. The zero-order valence-corrected chi connectivity index (χ0v) is 18.6. The van der Waals surface area contributed by atoms with Crippen molar-refractivity contribution in [1.82, 2.24) is 14.5 Å². The molecule has 1 saturated carbocycles. The number of ketones is 1. The first-order chi connectivity index (χ1) is 14.2. The number of aromatic amines is 1. The topological polar surface area (TPSA) is 92.2 Å². The number of nitrogens with one attached hydrogen (secondary N) is 1. The van der Waals surface area contributed by atoms with Gasteiger partial charge in [0, 0.05) is 30.8 Å². The fourth-order valence-corrected chi connectivity index (χ4v) is 5.69. The van der Waals surface area contributed by atoms with Crippen molar-refractivity contribution in [2.45, 2.75) is 62.8 Å². The van der Waals surface area contributed by atoms with Gasteiger partial charge in [-0.2, -0.15) is 0 Å². The molecule has 1 saturated heterocycles. The summed E-state index contributed by atoms with van der Waals surface area (Å²) in [6, 6.07) is 4.84. The molecule has 2 aromatic rings. The lowest BCUT2D eigenvalue weighted by atomic mass is 9.72. The molecule has 1 aliphatic heterocycles. The number of aromatic nitrogens is 2. The standard InChI is InChI=1S/C22H31N3O4S/c1-22(10-4-3-5-11-22)20(26)15-24-12-8-16(9-13-24)25-19-7-6-17(30(2,28)29)14-18(19)23-21(25)27/h6-7,14,16H,3-5,8-13,15H2,1-2H3,(H,23,27). The Balaban J connectivity index is 1.45. The van der Waals surface area contributed by atoms with E-state index in [1.807, 2.05) is 0 Å². The predicted molar refractivity (Wildman–Crippen MR) is 117 cm³/mol. The van der Waals surface area contributed by atoms with Gasteiger partial charge < -0.3 is 4.98 Å². The van der Waals surface area contributed by atoms with Gasteiger partial charge in [0.15, 0.2) is 15.6 Å². The lowest BCUT2D eigenvalue weighted by molar-refractivity contribution is -0.131. The normalized spacial score (nSPS) is 21.1. The summed E-state index contributed by atoms with van der Waals surface area (Å²) in [5, 5.41) is 0. The zero-order valence-electron chi connectivity index (χ0n) is 17.8. The van der Waals surface area contributed by atoms with E-state index in [0.717, 1.165) is 63.4 Å². The van der Waals surface area contributed by atoms with E-state index in [4.69, 9.17) is 0 Å². The van der Waals surface area contributed by atoms with Crippen LogP contribution in [0, 0.1) is 5.41 Å². The van der Waals surface area contributed by atoms with Crippen molar-refractivity contribution < 1.29 is 13.2 Å². The summed E-state index contributed by atoms with van der Waals surface area (Å²) < 4.78 is 25.4. The van der Waals surface area contributed by atoms with Gasteiger partial charge in [-0.25, -0.2) is 13.2 Å². The van der Waals surface area contributed by atoms with Gasteiger partial charge >= 0.3 is 5.69 Å². The maximum absolute atomic E-state index is 12.9. The molecule has 4 rings (SSSR count). The van der Waals surface area contributed by atoms with E-state index in [-0.39, 0.29) is 22.0 Å². The lowest BCUT2D eigenvalue weighted by Crippen LogP contribution is -2.43. The van der Waals surface area contributed by atoms with Crippen LogP contribution in [0.2, 0.25) is 0 Å². The van der Waals surface area contributed by atoms with E-state index in [9.17, 15) is 18.0 Å². The van der Waals surface area contributed by atoms with Crippen LogP contribution in [0.4, 0.5) is 0 Å². The monoisotopic (exact) mass is 433 g/mol. The molecule has 30 heavy (non-hydrogen) atoms. The summed E-state index contributed by atoms with van der Waals surface area (Å²) in [7, 11) is -3.33. The van der Waals surface area contributed by atoms with Crippen LogP contribution in [0.25, 0.3) is 11.0 Å². The second-order valence-corrected chi connectivity index (χ2v) is 11.3. The highest BCUT2D eigenvalue weighted by atomic mass is 32.2. The number of hydrogen-bond donors (Lipinski definition) is 1. The summed E-state index contributed by atoms with van der Waals surface area (Å²) >= 11 is 0. The average Bonchev–Trinajstić information content (AvgIpc) is 3.03. The predicted octanol–water partition coefficient (Wildman–Crippen LogP) is 2.91. The molecule has 2 fully saturated rings. The van der Waals surface area contributed by atoms with Crippen molar-refractivity contribution in [3.05, 3.63) is 28.7 Å². The molecule has 0 spiro atoms. The first-order valence-corrected chi connectivity index (χ1v) is 12.8. The lowest BCUT2D eigenvalue weighted by Gasteiger charge is -2.36. The molecule has 7 nitrogen and oxygen atoms in total. The Labute approximate surface area is 177 Å². The summed E-state index contributed by atoms with van der Waals surface area (Å²) in [5.74, 6) is 0.359. The van der Waals surface area contributed by atoms with Crippen LogP contribution >= 0.6 is 0 Å². The molecule has 2 aliphatic rings. The highest BCUT2D eigenvalue weighted by molar-refractivity contribution is 7.90. The number of carbonyl (C=O) groups excluding carboxylic acids is 1. The molecule has 1 aliphatic carbocycles. The molecule has 0 bridgehead atoms. The summed E-state index contributed by atoms with van der Waals surface area (Å²) in [6.07, 6.45) is 8.29. The highest BCUT2D eigenvalue weighted by Crippen LogP contribution is 2.37. The average molecular weight is 434 g/mol. The molecule has 1 aromatic heterocycles. The van der Waals surface area contributed by atoms with E-state index >= 15 is 0 Å². The smallest absolute Gasteiger partial charge is 0.305 e. The van der Waals surface area contributed by atoms with E-state index in [1.54, 1.807) is 16.7 Å². The minimum absolute atomic E-state index is 0.0481. The number of fused-ring (bicyclic) bond motifs is 1. The Morgan fingerprint density at radius 2 is 1.83 bits per heavy atom. The Hall–Kier alpha value is -1.93. The van der Waals surface area contributed by atoms with Crippen LogP contribution in [-0.4, -0.2) is 54.5 Å². The van der Waals surface area contributed by atoms with Crippen LogP contribution in [0.1, 0.15) is 57.9 Å². The highest BCUT2D eigenvalue weighted by Gasteiger charge is 2.35. The van der Waals surface area contributed by atoms with Crippen molar-refractivity contribution in [1.29, 1.82) is 0 Å².